The lowest BCUT2D eigenvalue weighted by molar-refractivity contribution is 0.480. The number of pyridine rings is 1. The molecular formula is C12H15NOSi. The Kier molecular flexibility index (Phi) is 2.27. The van der Waals surface area contributed by atoms with E-state index in [0.717, 1.165) is 10.9 Å². The molecule has 0 aliphatic heterocycles. The van der Waals surface area contributed by atoms with E-state index in [4.69, 9.17) is 0 Å². The van der Waals surface area contributed by atoms with E-state index in [2.05, 4.69) is 24.6 Å². The second-order valence-corrected chi connectivity index (χ2v) is 9.82. The molecule has 0 radical (unpaired) electrons. The fraction of sp³-hybridized carbons (Fsp3) is 0.250. The molecule has 0 aliphatic carbocycles. The molecule has 0 saturated heterocycles. The topological polar surface area (TPSA) is 33.1 Å². The minimum atomic E-state index is -1.37. The van der Waals surface area contributed by atoms with Gasteiger partial charge in [-0.15, -0.1) is 0 Å². The second kappa shape index (κ2) is 3.34. The van der Waals surface area contributed by atoms with Gasteiger partial charge in [-0.25, -0.2) is 0 Å². The molecule has 0 unspecified atom stereocenters. The molecule has 0 saturated carbocycles. The number of fused-ring (bicyclic) bond motifs is 1. The number of hydrogen-bond donors (Lipinski definition) is 1. The van der Waals surface area contributed by atoms with Crippen LogP contribution in [-0.2, 0) is 0 Å². The predicted molar refractivity (Wildman–Crippen MR) is 66.4 cm³/mol. The Morgan fingerprint density at radius 2 is 1.87 bits per heavy atom. The Bertz CT molecular complexity index is 502. The Morgan fingerprint density at radius 3 is 2.53 bits per heavy atom. The average molecular weight is 217 g/mol. The van der Waals surface area contributed by atoms with E-state index in [-0.39, 0.29) is 5.75 Å². The zero-order valence-electron chi connectivity index (χ0n) is 9.28. The van der Waals surface area contributed by atoms with Gasteiger partial charge in [-0.05, 0) is 12.1 Å². The van der Waals surface area contributed by atoms with E-state index in [0.29, 0.717) is 0 Å². The first-order valence-electron chi connectivity index (χ1n) is 5.07. The number of aromatic hydroxyl groups is 1. The summed E-state index contributed by atoms with van der Waals surface area (Å²) in [6.45, 7) is 6.89. The van der Waals surface area contributed by atoms with E-state index in [9.17, 15) is 5.11 Å². The molecule has 1 aromatic heterocycles. The smallest absolute Gasteiger partial charge is 0.141 e. The fourth-order valence-electron chi connectivity index (χ4n) is 1.81. The molecule has 3 heteroatoms. The number of aromatic nitrogens is 1. The number of phenolic OH excluding ortho intramolecular Hbond substituents is 1. The van der Waals surface area contributed by atoms with Crippen molar-refractivity contribution in [3.8, 4) is 5.75 Å². The highest BCUT2D eigenvalue weighted by molar-refractivity contribution is 6.90. The Morgan fingerprint density at radius 1 is 1.13 bits per heavy atom. The SMILES string of the molecule is C[Si](C)(C)c1ccc(O)c2ncccc12. The normalized spacial score (nSPS) is 11.9. The van der Waals surface area contributed by atoms with E-state index in [1.165, 1.54) is 5.19 Å². The molecule has 1 aromatic carbocycles. The zero-order valence-corrected chi connectivity index (χ0v) is 10.3. The summed E-state index contributed by atoms with van der Waals surface area (Å²) in [5.41, 5.74) is 0.720. The van der Waals surface area contributed by atoms with Crippen LogP contribution in [0.4, 0.5) is 0 Å². The minimum absolute atomic E-state index is 0.271. The molecule has 78 valence electrons. The largest absolute Gasteiger partial charge is 0.506 e. The lowest BCUT2D eigenvalue weighted by atomic mass is 10.2. The summed E-state index contributed by atoms with van der Waals surface area (Å²) in [6.07, 6.45) is 1.72. The van der Waals surface area contributed by atoms with Gasteiger partial charge < -0.3 is 5.11 Å². The van der Waals surface area contributed by atoms with Gasteiger partial charge in [0.1, 0.15) is 11.3 Å². The van der Waals surface area contributed by atoms with Crippen molar-refractivity contribution >= 4 is 24.2 Å². The van der Waals surface area contributed by atoms with Crippen LogP contribution in [0, 0.1) is 0 Å². The summed E-state index contributed by atoms with van der Waals surface area (Å²) in [5.74, 6) is 0.271. The second-order valence-electron chi connectivity index (χ2n) is 4.78. The molecule has 0 spiro atoms. The molecule has 1 heterocycles. The van der Waals surface area contributed by atoms with Crippen molar-refractivity contribution < 1.29 is 5.11 Å². The van der Waals surface area contributed by atoms with Gasteiger partial charge in [0.25, 0.3) is 0 Å². The first-order valence-corrected chi connectivity index (χ1v) is 8.57. The number of hydrogen-bond acceptors (Lipinski definition) is 2. The summed E-state index contributed by atoms with van der Waals surface area (Å²) in [6, 6.07) is 7.75. The van der Waals surface area contributed by atoms with Crippen LogP contribution in [0.25, 0.3) is 10.9 Å². The molecule has 15 heavy (non-hydrogen) atoms. The monoisotopic (exact) mass is 217 g/mol. The maximum atomic E-state index is 9.71. The maximum Gasteiger partial charge on any atom is 0.141 e. The molecule has 0 bridgehead atoms. The van der Waals surface area contributed by atoms with E-state index < -0.39 is 8.07 Å². The van der Waals surface area contributed by atoms with Crippen molar-refractivity contribution in [3.63, 3.8) is 0 Å². The van der Waals surface area contributed by atoms with Crippen molar-refractivity contribution in [3.05, 3.63) is 30.5 Å². The molecule has 2 aromatic rings. The summed E-state index contributed by atoms with van der Waals surface area (Å²) in [4.78, 5) is 4.23. The Hall–Kier alpha value is -1.35. The van der Waals surface area contributed by atoms with Crippen molar-refractivity contribution in [1.82, 2.24) is 4.98 Å². The Labute approximate surface area is 90.6 Å². The molecular weight excluding hydrogens is 202 g/mol. The summed E-state index contributed by atoms with van der Waals surface area (Å²) in [7, 11) is -1.37. The van der Waals surface area contributed by atoms with Crippen LogP contribution in [0.1, 0.15) is 0 Å². The van der Waals surface area contributed by atoms with Crippen LogP contribution in [0.3, 0.4) is 0 Å². The van der Waals surface area contributed by atoms with Crippen LogP contribution in [0.5, 0.6) is 5.75 Å². The fourth-order valence-corrected chi connectivity index (χ4v) is 3.40. The van der Waals surface area contributed by atoms with Gasteiger partial charge in [-0.2, -0.15) is 0 Å². The molecule has 2 nitrogen and oxygen atoms in total. The summed E-state index contributed by atoms with van der Waals surface area (Å²) in [5, 5.41) is 12.2. The molecule has 1 N–H and O–H groups in total. The number of rotatable bonds is 1. The highest BCUT2D eigenvalue weighted by Gasteiger charge is 2.20. The van der Waals surface area contributed by atoms with Crippen molar-refractivity contribution in [1.29, 1.82) is 0 Å². The van der Waals surface area contributed by atoms with Crippen LogP contribution in [0.15, 0.2) is 30.5 Å². The van der Waals surface area contributed by atoms with Crippen LogP contribution < -0.4 is 5.19 Å². The molecule has 0 fully saturated rings. The molecule has 0 atom stereocenters. The highest BCUT2D eigenvalue weighted by atomic mass is 28.3. The van der Waals surface area contributed by atoms with E-state index >= 15 is 0 Å². The van der Waals surface area contributed by atoms with Gasteiger partial charge in [0.05, 0.1) is 8.07 Å². The standard InChI is InChI=1S/C12H15NOSi/c1-15(2,3)11-7-6-10(14)12-9(11)5-4-8-13-12/h4-8,14H,1-3H3. The van der Waals surface area contributed by atoms with Gasteiger partial charge >= 0.3 is 0 Å². The summed E-state index contributed by atoms with van der Waals surface area (Å²) >= 11 is 0. The third kappa shape index (κ3) is 1.75. The number of phenols is 1. The first kappa shape index (κ1) is 10.2. The van der Waals surface area contributed by atoms with E-state index in [1.807, 2.05) is 18.2 Å². The molecule has 0 aliphatic rings. The third-order valence-corrected chi connectivity index (χ3v) is 4.61. The Balaban J connectivity index is 2.84. The molecule has 0 amide bonds. The first-order chi connectivity index (χ1) is 7.00. The van der Waals surface area contributed by atoms with E-state index in [1.54, 1.807) is 12.3 Å². The quantitative estimate of drug-likeness (QED) is 0.744. The third-order valence-electron chi connectivity index (χ3n) is 2.56. The van der Waals surface area contributed by atoms with Gasteiger partial charge in [0.15, 0.2) is 0 Å². The van der Waals surface area contributed by atoms with Crippen LogP contribution in [-0.4, -0.2) is 18.2 Å². The average Bonchev–Trinajstić information content (AvgIpc) is 2.17. The highest BCUT2D eigenvalue weighted by Crippen LogP contribution is 2.22. The van der Waals surface area contributed by atoms with Crippen LogP contribution >= 0.6 is 0 Å². The maximum absolute atomic E-state index is 9.71. The van der Waals surface area contributed by atoms with Gasteiger partial charge in [-0.3, -0.25) is 4.98 Å². The van der Waals surface area contributed by atoms with Crippen molar-refractivity contribution in [2.45, 2.75) is 19.6 Å². The minimum Gasteiger partial charge on any atom is -0.506 e. The van der Waals surface area contributed by atoms with Crippen molar-refractivity contribution in [2.75, 3.05) is 0 Å². The predicted octanol–water partition coefficient (Wildman–Crippen LogP) is 2.49. The van der Waals surface area contributed by atoms with Crippen molar-refractivity contribution in [2.24, 2.45) is 0 Å². The van der Waals surface area contributed by atoms with Gasteiger partial charge in [-0.1, -0.05) is 37.0 Å². The number of benzene rings is 1. The van der Waals surface area contributed by atoms with Gasteiger partial charge in [0, 0.05) is 11.6 Å². The lowest BCUT2D eigenvalue weighted by Crippen LogP contribution is -2.38. The zero-order chi connectivity index (χ0) is 11.1. The lowest BCUT2D eigenvalue weighted by Gasteiger charge is -2.19. The number of nitrogens with zero attached hydrogens (tertiary/aromatic N) is 1. The summed E-state index contributed by atoms with van der Waals surface area (Å²) < 4.78 is 0. The molecule has 2 rings (SSSR count). The van der Waals surface area contributed by atoms with Crippen LogP contribution in [0.2, 0.25) is 19.6 Å². The van der Waals surface area contributed by atoms with Gasteiger partial charge in [0.2, 0.25) is 0 Å².